The Hall–Kier alpha value is -2.89. The highest BCUT2D eigenvalue weighted by atomic mass is 19.1. The third-order valence-electron chi connectivity index (χ3n) is 5.09. The fourth-order valence-corrected chi connectivity index (χ4v) is 3.40. The first kappa shape index (κ1) is 18.9. The van der Waals surface area contributed by atoms with E-state index in [0.717, 1.165) is 5.56 Å². The summed E-state index contributed by atoms with van der Waals surface area (Å²) < 4.78 is 18.6. The van der Waals surface area contributed by atoms with Crippen LogP contribution in [0.15, 0.2) is 54.6 Å². The van der Waals surface area contributed by atoms with Crippen molar-refractivity contribution in [1.82, 2.24) is 4.90 Å². The number of nitrogens with zero attached hydrogens (tertiary/aromatic N) is 1. The summed E-state index contributed by atoms with van der Waals surface area (Å²) in [5.41, 5.74) is -0.152. The van der Waals surface area contributed by atoms with Crippen LogP contribution >= 0.6 is 0 Å². The minimum atomic E-state index is -0.936. The Kier molecular flexibility index (Phi) is 5.74. The van der Waals surface area contributed by atoms with Gasteiger partial charge in [0.05, 0.1) is 5.41 Å². The van der Waals surface area contributed by atoms with Crippen LogP contribution in [0, 0.1) is 11.2 Å². The lowest BCUT2D eigenvalue weighted by Gasteiger charge is -2.39. The molecule has 3 rings (SSSR count). The van der Waals surface area contributed by atoms with Crippen LogP contribution in [0.3, 0.4) is 0 Å². The summed E-state index contributed by atoms with van der Waals surface area (Å²) in [7, 11) is 0. The Balaban J connectivity index is 1.58. The smallest absolute Gasteiger partial charge is 0.310 e. The number of amides is 1. The van der Waals surface area contributed by atoms with Crippen LogP contribution in [-0.4, -0.2) is 41.6 Å². The van der Waals surface area contributed by atoms with Crippen molar-refractivity contribution in [1.29, 1.82) is 0 Å². The predicted octanol–water partition coefficient (Wildman–Crippen LogP) is 3.14. The number of aliphatic carboxylic acids is 1. The molecule has 0 aromatic heterocycles. The van der Waals surface area contributed by atoms with Crippen LogP contribution in [0.1, 0.15) is 18.4 Å². The van der Waals surface area contributed by atoms with Gasteiger partial charge in [-0.2, -0.15) is 0 Å². The third-order valence-corrected chi connectivity index (χ3v) is 5.09. The lowest BCUT2D eigenvalue weighted by atomic mass is 9.74. The highest BCUT2D eigenvalue weighted by Gasteiger charge is 2.42. The second-order valence-corrected chi connectivity index (χ2v) is 6.87. The van der Waals surface area contributed by atoms with E-state index >= 15 is 0 Å². The van der Waals surface area contributed by atoms with Crippen molar-refractivity contribution in [3.8, 4) is 5.75 Å². The van der Waals surface area contributed by atoms with Crippen molar-refractivity contribution in [3.63, 3.8) is 0 Å². The molecule has 1 amide bonds. The van der Waals surface area contributed by atoms with Crippen molar-refractivity contribution in [3.05, 3.63) is 66.0 Å². The number of piperidine rings is 1. The zero-order valence-electron chi connectivity index (χ0n) is 14.9. The zero-order chi connectivity index (χ0) is 19.3. The van der Waals surface area contributed by atoms with Gasteiger partial charge in [0.25, 0.3) is 5.91 Å². The molecule has 2 aromatic rings. The molecule has 1 fully saturated rings. The number of benzene rings is 2. The maximum absolute atomic E-state index is 13.1. The molecule has 1 heterocycles. The van der Waals surface area contributed by atoms with Crippen molar-refractivity contribution in [2.75, 3.05) is 19.7 Å². The molecule has 0 unspecified atom stereocenters. The summed E-state index contributed by atoms with van der Waals surface area (Å²) in [5, 5.41) is 9.78. The summed E-state index contributed by atoms with van der Waals surface area (Å²) in [6.45, 7) is 0.664. The quantitative estimate of drug-likeness (QED) is 0.847. The highest BCUT2D eigenvalue weighted by Crippen LogP contribution is 2.35. The molecule has 1 aliphatic rings. The number of hydrogen-bond donors (Lipinski definition) is 1. The number of likely N-dealkylation sites (tertiary alicyclic amines) is 1. The van der Waals surface area contributed by atoms with Gasteiger partial charge in [-0.1, -0.05) is 30.3 Å². The van der Waals surface area contributed by atoms with E-state index in [4.69, 9.17) is 4.74 Å². The number of ether oxygens (including phenoxy) is 1. The minimum Gasteiger partial charge on any atom is -0.484 e. The molecule has 27 heavy (non-hydrogen) atoms. The van der Waals surface area contributed by atoms with Gasteiger partial charge in [0.15, 0.2) is 6.61 Å². The molecule has 0 saturated carbocycles. The molecule has 142 valence electrons. The normalized spacial score (nSPS) is 16.0. The third kappa shape index (κ3) is 4.64. The standard InChI is InChI=1S/C21H22FNO4/c22-17-8-6-16(7-9-17)14-21(20(25)26)10-12-23(13-11-21)19(24)15-27-18-4-2-1-3-5-18/h1-9H,10-15H2,(H,25,26). The number of hydrogen-bond acceptors (Lipinski definition) is 3. The van der Waals surface area contributed by atoms with E-state index in [9.17, 15) is 19.1 Å². The van der Waals surface area contributed by atoms with Gasteiger partial charge in [0, 0.05) is 13.1 Å². The summed E-state index contributed by atoms with van der Waals surface area (Å²) in [6.07, 6.45) is 1.04. The number of halogens is 1. The average molecular weight is 371 g/mol. The Morgan fingerprint density at radius 2 is 1.67 bits per heavy atom. The van der Waals surface area contributed by atoms with Crippen LogP contribution in [-0.2, 0) is 16.0 Å². The van der Waals surface area contributed by atoms with Gasteiger partial charge in [-0.05, 0) is 49.1 Å². The molecule has 0 spiro atoms. The molecule has 0 bridgehead atoms. The summed E-state index contributed by atoms with van der Waals surface area (Å²) >= 11 is 0. The topological polar surface area (TPSA) is 66.8 Å². The van der Waals surface area contributed by atoms with Gasteiger partial charge in [-0.25, -0.2) is 4.39 Å². The van der Waals surface area contributed by atoms with E-state index in [1.807, 2.05) is 18.2 Å². The first-order chi connectivity index (χ1) is 13.0. The molecule has 0 aliphatic carbocycles. The maximum Gasteiger partial charge on any atom is 0.310 e. The summed E-state index contributed by atoms with van der Waals surface area (Å²) in [5.74, 6) is -0.750. The van der Waals surface area contributed by atoms with Crippen LogP contribution in [0.2, 0.25) is 0 Å². The molecular formula is C21H22FNO4. The fourth-order valence-electron chi connectivity index (χ4n) is 3.40. The second-order valence-electron chi connectivity index (χ2n) is 6.87. The first-order valence-electron chi connectivity index (χ1n) is 8.92. The highest BCUT2D eigenvalue weighted by molar-refractivity contribution is 5.79. The van der Waals surface area contributed by atoms with Crippen molar-refractivity contribution in [2.45, 2.75) is 19.3 Å². The van der Waals surface area contributed by atoms with Crippen LogP contribution in [0.5, 0.6) is 5.75 Å². The van der Waals surface area contributed by atoms with E-state index in [1.165, 1.54) is 12.1 Å². The molecule has 1 N–H and O–H groups in total. The van der Waals surface area contributed by atoms with Crippen LogP contribution < -0.4 is 4.74 Å². The number of carbonyl (C=O) groups excluding carboxylic acids is 1. The fraction of sp³-hybridized carbons (Fsp3) is 0.333. The van der Waals surface area contributed by atoms with Crippen LogP contribution in [0.4, 0.5) is 4.39 Å². The monoisotopic (exact) mass is 371 g/mol. The number of para-hydroxylation sites is 1. The Morgan fingerprint density at radius 1 is 1.04 bits per heavy atom. The molecule has 1 saturated heterocycles. The molecule has 0 atom stereocenters. The van der Waals surface area contributed by atoms with E-state index in [1.54, 1.807) is 29.2 Å². The molecule has 5 nitrogen and oxygen atoms in total. The summed E-state index contributed by atoms with van der Waals surface area (Å²) in [6, 6.07) is 15.0. The minimum absolute atomic E-state index is 0.0674. The maximum atomic E-state index is 13.1. The van der Waals surface area contributed by atoms with Crippen molar-refractivity contribution in [2.24, 2.45) is 5.41 Å². The zero-order valence-corrected chi connectivity index (χ0v) is 14.9. The van der Waals surface area contributed by atoms with Gasteiger partial charge in [-0.15, -0.1) is 0 Å². The van der Waals surface area contributed by atoms with Gasteiger partial charge in [0.1, 0.15) is 11.6 Å². The Bertz CT molecular complexity index is 784. The molecule has 0 radical (unpaired) electrons. The van der Waals surface area contributed by atoms with Crippen LogP contribution in [0.25, 0.3) is 0 Å². The molecular weight excluding hydrogens is 349 g/mol. The first-order valence-corrected chi connectivity index (χ1v) is 8.92. The van der Waals surface area contributed by atoms with Gasteiger partial charge < -0.3 is 14.7 Å². The molecule has 6 heteroatoms. The van der Waals surface area contributed by atoms with Gasteiger partial charge in [-0.3, -0.25) is 9.59 Å². The van der Waals surface area contributed by atoms with Gasteiger partial charge >= 0.3 is 5.97 Å². The Labute approximate surface area is 157 Å². The molecule has 1 aliphatic heterocycles. The predicted molar refractivity (Wildman–Crippen MR) is 97.9 cm³/mol. The number of carbonyl (C=O) groups is 2. The van der Waals surface area contributed by atoms with E-state index in [0.29, 0.717) is 38.1 Å². The van der Waals surface area contributed by atoms with E-state index in [2.05, 4.69) is 0 Å². The largest absolute Gasteiger partial charge is 0.484 e. The molecule has 2 aromatic carbocycles. The number of carboxylic acids is 1. The Morgan fingerprint density at radius 3 is 2.26 bits per heavy atom. The summed E-state index contributed by atoms with van der Waals surface area (Å²) in [4.78, 5) is 25.9. The van der Waals surface area contributed by atoms with E-state index in [-0.39, 0.29) is 18.3 Å². The van der Waals surface area contributed by atoms with E-state index < -0.39 is 11.4 Å². The lowest BCUT2D eigenvalue weighted by Crippen LogP contribution is -2.48. The van der Waals surface area contributed by atoms with Crippen molar-refractivity contribution >= 4 is 11.9 Å². The number of carboxylic acid groups (broad SMARTS) is 1. The van der Waals surface area contributed by atoms with Gasteiger partial charge in [0.2, 0.25) is 0 Å². The second kappa shape index (κ2) is 8.20. The lowest BCUT2D eigenvalue weighted by molar-refractivity contribution is -0.154. The average Bonchev–Trinajstić information content (AvgIpc) is 2.69. The van der Waals surface area contributed by atoms with Crippen molar-refractivity contribution < 1.29 is 23.8 Å². The SMILES string of the molecule is O=C(COc1ccccc1)N1CCC(Cc2ccc(F)cc2)(C(=O)O)CC1. The number of rotatable bonds is 6.